The molecule has 0 spiro atoms. The van der Waals surface area contributed by atoms with Gasteiger partial charge in [-0.2, -0.15) is 5.26 Å². The molecule has 0 saturated carbocycles. The van der Waals surface area contributed by atoms with Crippen LogP contribution in [0.15, 0.2) is 6.07 Å². The van der Waals surface area contributed by atoms with Gasteiger partial charge in [0.1, 0.15) is 6.07 Å². The Labute approximate surface area is 110 Å². The Balaban J connectivity index is 2.46. The van der Waals surface area contributed by atoms with E-state index in [0.29, 0.717) is 5.92 Å². The second-order valence-corrected chi connectivity index (χ2v) is 5.21. The Bertz CT molecular complexity index is 453. The lowest BCUT2D eigenvalue weighted by molar-refractivity contribution is 0.616. The van der Waals surface area contributed by atoms with Gasteiger partial charge in [0.25, 0.3) is 0 Å². The Hall–Kier alpha value is -1.36. The van der Waals surface area contributed by atoms with Crippen molar-refractivity contribution in [2.45, 2.75) is 64.7 Å². The monoisotopic (exact) mass is 242 g/mol. The molecule has 1 aromatic heterocycles. The summed E-state index contributed by atoms with van der Waals surface area (Å²) in [5, 5.41) is 9.34. The first-order valence-corrected chi connectivity index (χ1v) is 7.22. The van der Waals surface area contributed by atoms with E-state index >= 15 is 0 Å². The van der Waals surface area contributed by atoms with Gasteiger partial charge < -0.3 is 0 Å². The first-order chi connectivity index (χ1) is 8.80. The van der Waals surface area contributed by atoms with E-state index in [1.54, 1.807) is 0 Å². The number of pyridine rings is 1. The van der Waals surface area contributed by atoms with Gasteiger partial charge in [-0.05, 0) is 50.2 Å². The van der Waals surface area contributed by atoms with Crippen LogP contribution in [0.1, 0.15) is 74.4 Å². The minimum atomic E-state index is 0.438. The molecule has 0 unspecified atom stereocenters. The van der Waals surface area contributed by atoms with Crippen LogP contribution in [-0.4, -0.2) is 4.98 Å². The molecule has 0 amide bonds. The van der Waals surface area contributed by atoms with Gasteiger partial charge in [0.15, 0.2) is 0 Å². The smallest absolute Gasteiger partial charge is 0.101 e. The number of nitrogens with zero attached hydrogens (tertiary/aromatic N) is 2. The molecule has 96 valence electrons. The summed E-state index contributed by atoms with van der Waals surface area (Å²) in [4.78, 5) is 4.86. The van der Waals surface area contributed by atoms with Crippen LogP contribution in [0.25, 0.3) is 0 Å². The van der Waals surface area contributed by atoms with Crippen LogP contribution in [0, 0.1) is 11.3 Å². The molecule has 0 bridgehead atoms. The SMILES string of the molecule is CCC(CC)c1nc2c(cc1C#N)CCCCC2. The van der Waals surface area contributed by atoms with Crippen LogP contribution >= 0.6 is 0 Å². The van der Waals surface area contributed by atoms with Crippen molar-refractivity contribution in [3.05, 3.63) is 28.6 Å². The van der Waals surface area contributed by atoms with E-state index in [0.717, 1.165) is 36.9 Å². The number of aryl methyl sites for hydroxylation is 2. The molecule has 0 saturated heterocycles. The summed E-state index contributed by atoms with van der Waals surface area (Å²) in [7, 11) is 0. The summed E-state index contributed by atoms with van der Waals surface area (Å²) in [5.41, 5.74) is 4.43. The average Bonchev–Trinajstić information content (AvgIpc) is 2.63. The third-order valence-electron chi connectivity index (χ3n) is 4.07. The number of nitriles is 1. The predicted octanol–water partition coefficient (Wildman–Crippen LogP) is 4.13. The summed E-state index contributed by atoms with van der Waals surface area (Å²) >= 11 is 0. The highest BCUT2D eigenvalue weighted by Crippen LogP contribution is 2.28. The van der Waals surface area contributed by atoms with E-state index in [1.165, 1.54) is 30.5 Å². The maximum Gasteiger partial charge on any atom is 0.101 e. The van der Waals surface area contributed by atoms with Crippen LogP contribution < -0.4 is 0 Å². The molecule has 0 aliphatic heterocycles. The van der Waals surface area contributed by atoms with Crippen molar-refractivity contribution < 1.29 is 0 Å². The Morgan fingerprint density at radius 2 is 1.94 bits per heavy atom. The Kier molecular flexibility index (Phi) is 4.36. The minimum absolute atomic E-state index is 0.438. The molecule has 1 heterocycles. The molecule has 2 rings (SSSR count). The lowest BCUT2D eigenvalue weighted by atomic mass is 9.93. The molecule has 1 aliphatic rings. The highest BCUT2D eigenvalue weighted by Gasteiger charge is 2.18. The Morgan fingerprint density at radius 1 is 1.22 bits per heavy atom. The van der Waals surface area contributed by atoms with Crippen molar-refractivity contribution in [2.24, 2.45) is 0 Å². The highest BCUT2D eigenvalue weighted by atomic mass is 14.7. The summed E-state index contributed by atoms with van der Waals surface area (Å²) in [6.45, 7) is 4.37. The van der Waals surface area contributed by atoms with Crippen molar-refractivity contribution >= 4 is 0 Å². The summed E-state index contributed by atoms with van der Waals surface area (Å²) in [5.74, 6) is 0.438. The largest absolute Gasteiger partial charge is 0.256 e. The number of aromatic nitrogens is 1. The summed E-state index contributed by atoms with van der Waals surface area (Å²) in [6, 6.07) is 4.47. The Morgan fingerprint density at radius 3 is 2.61 bits per heavy atom. The molecule has 0 fully saturated rings. The predicted molar refractivity (Wildman–Crippen MR) is 73.5 cm³/mol. The standard InChI is InChI=1S/C16H22N2/c1-3-12(4-2)16-14(11-17)10-13-8-6-5-7-9-15(13)18-16/h10,12H,3-9H2,1-2H3. The maximum absolute atomic E-state index is 9.34. The van der Waals surface area contributed by atoms with Crippen LogP contribution in [0.3, 0.4) is 0 Å². The topological polar surface area (TPSA) is 36.7 Å². The summed E-state index contributed by atoms with van der Waals surface area (Å²) in [6.07, 6.45) is 8.10. The zero-order valence-corrected chi connectivity index (χ0v) is 11.5. The van der Waals surface area contributed by atoms with Crippen molar-refractivity contribution in [1.82, 2.24) is 4.98 Å². The number of hydrogen-bond donors (Lipinski definition) is 0. The summed E-state index contributed by atoms with van der Waals surface area (Å²) < 4.78 is 0. The van der Waals surface area contributed by atoms with Crippen LogP contribution in [0.4, 0.5) is 0 Å². The van der Waals surface area contributed by atoms with E-state index in [1.807, 2.05) is 0 Å². The second kappa shape index (κ2) is 6.00. The van der Waals surface area contributed by atoms with Gasteiger partial charge in [0.2, 0.25) is 0 Å². The van der Waals surface area contributed by atoms with Gasteiger partial charge in [-0.3, -0.25) is 4.98 Å². The van der Waals surface area contributed by atoms with Gasteiger partial charge in [0.05, 0.1) is 11.3 Å². The first-order valence-electron chi connectivity index (χ1n) is 7.22. The highest BCUT2D eigenvalue weighted by molar-refractivity contribution is 5.41. The van der Waals surface area contributed by atoms with Crippen LogP contribution in [0.2, 0.25) is 0 Å². The fraction of sp³-hybridized carbons (Fsp3) is 0.625. The molecule has 1 aliphatic carbocycles. The van der Waals surface area contributed by atoms with Crippen molar-refractivity contribution in [3.8, 4) is 6.07 Å². The molecule has 1 aromatic rings. The van der Waals surface area contributed by atoms with E-state index in [2.05, 4.69) is 26.0 Å². The number of rotatable bonds is 3. The molecule has 2 heteroatoms. The van der Waals surface area contributed by atoms with E-state index < -0.39 is 0 Å². The zero-order valence-electron chi connectivity index (χ0n) is 11.5. The minimum Gasteiger partial charge on any atom is -0.256 e. The van der Waals surface area contributed by atoms with E-state index in [-0.39, 0.29) is 0 Å². The lowest BCUT2D eigenvalue weighted by Gasteiger charge is -2.16. The lowest BCUT2D eigenvalue weighted by Crippen LogP contribution is -2.07. The van der Waals surface area contributed by atoms with Gasteiger partial charge in [-0.25, -0.2) is 0 Å². The zero-order chi connectivity index (χ0) is 13.0. The fourth-order valence-electron chi connectivity index (χ4n) is 2.90. The van der Waals surface area contributed by atoms with Gasteiger partial charge in [-0.1, -0.05) is 20.3 Å². The van der Waals surface area contributed by atoms with Gasteiger partial charge in [0, 0.05) is 11.6 Å². The maximum atomic E-state index is 9.34. The number of hydrogen-bond acceptors (Lipinski definition) is 2. The molecule has 0 aromatic carbocycles. The third kappa shape index (κ3) is 2.56. The fourth-order valence-corrected chi connectivity index (χ4v) is 2.90. The first kappa shape index (κ1) is 13.1. The third-order valence-corrected chi connectivity index (χ3v) is 4.07. The molecule has 2 nitrogen and oxygen atoms in total. The molecule has 0 atom stereocenters. The van der Waals surface area contributed by atoms with E-state index in [4.69, 9.17) is 4.98 Å². The van der Waals surface area contributed by atoms with Gasteiger partial charge >= 0.3 is 0 Å². The van der Waals surface area contributed by atoms with E-state index in [9.17, 15) is 5.26 Å². The molecular weight excluding hydrogens is 220 g/mol. The normalized spacial score (nSPS) is 15.0. The van der Waals surface area contributed by atoms with Gasteiger partial charge in [-0.15, -0.1) is 0 Å². The van der Waals surface area contributed by atoms with Crippen LogP contribution in [-0.2, 0) is 12.8 Å². The van der Waals surface area contributed by atoms with Crippen molar-refractivity contribution in [2.75, 3.05) is 0 Å². The van der Waals surface area contributed by atoms with Crippen molar-refractivity contribution in [1.29, 1.82) is 5.26 Å². The van der Waals surface area contributed by atoms with Crippen molar-refractivity contribution in [3.63, 3.8) is 0 Å². The molecule has 0 N–H and O–H groups in total. The molecule has 0 radical (unpaired) electrons. The molecular formula is C16H22N2. The van der Waals surface area contributed by atoms with Crippen LogP contribution in [0.5, 0.6) is 0 Å². The second-order valence-electron chi connectivity index (χ2n) is 5.21. The average molecular weight is 242 g/mol. The quantitative estimate of drug-likeness (QED) is 0.747. The molecule has 18 heavy (non-hydrogen) atoms. The number of fused-ring (bicyclic) bond motifs is 1.